The Morgan fingerprint density at radius 2 is 1.95 bits per heavy atom. The molecule has 3 nitrogen and oxygen atoms in total. The van der Waals surface area contributed by atoms with Crippen molar-refractivity contribution >= 4 is 5.91 Å². The van der Waals surface area contributed by atoms with Gasteiger partial charge in [0.2, 0.25) is 5.91 Å². The van der Waals surface area contributed by atoms with Crippen LogP contribution < -0.4 is 5.32 Å². The van der Waals surface area contributed by atoms with E-state index in [1.807, 2.05) is 0 Å². The maximum absolute atomic E-state index is 12.8. The Hall–Kier alpha value is -0.570. The third kappa shape index (κ3) is 2.42. The predicted molar refractivity (Wildman–Crippen MR) is 76.7 cm³/mol. The molecule has 19 heavy (non-hydrogen) atoms. The molecular weight excluding hydrogens is 236 g/mol. The summed E-state index contributed by atoms with van der Waals surface area (Å²) in [7, 11) is 0. The minimum Gasteiger partial charge on any atom is -0.326 e. The van der Waals surface area contributed by atoms with Crippen molar-refractivity contribution in [2.45, 2.75) is 82.8 Å². The van der Waals surface area contributed by atoms with E-state index in [0.717, 1.165) is 38.1 Å². The van der Waals surface area contributed by atoms with Gasteiger partial charge in [0.15, 0.2) is 0 Å². The highest BCUT2D eigenvalue weighted by atomic mass is 16.2. The van der Waals surface area contributed by atoms with Gasteiger partial charge in [0.05, 0.1) is 11.7 Å². The Kier molecular flexibility index (Phi) is 3.84. The SMILES string of the molecule is CCCC1NC2(CCCC2)C(=O)N1CCC1CCC1. The Morgan fingerprint density at radius 1 is 1.21 bits per heavy atom. The van der Waals surface area contributed by atoms with Gasteiger partial charge >= 0.3 is 0 Å². The first kappa shape index (κ1) is 13.4. The lowest BCUT2D eigenvalue weighted by atomic mass is 9.83. The van der Waals surface area contributed by atoms with Gasteiger partial charge in [0, 0.05) is 6.54 Å². The number of hydrogen-bond acceptors (Lipinski definition) is 2. The molecule has 0 aromatic heterocycles. The number of hydrogen-bond donors (Lipinski definition) is 1. The van der Waals surface area contributed by atoms with E-state index >= 15 is 0 Å². The zero-order valence-electron chi connectivity index (χ0n) is 12.3. The molecular formula is C16H28N2O. The molecule has 0 aromatic rings. The van der Waals surface area contributed by atoms with Crippen molar-refractivity contribution in [2.24, 2.45) is 5.92 Å². The first-order valence-electron chi connectivity index (χ1n) is 8.34. The maximum Gasteiger partial charge on any atom is 0.244 e. The van der Waals surface area contributed by atoms with Gasteiger partial charge in [-0.05, 0) is 31.6 Å². The molecule has 3 heteroatoms. The highest BCUT2D eigenvalue weighted by Gasteiger charge is 2.51. The van der Waals surface area contributed by atoms with Crippen LogP contribution in [0.1, 0.15) is 71.1 Å². The first-order valence-corrected chi connectivity index (χ1v) is 8.34. The Balaban J connectivity index is 1.65. The molecule has 1 aliphatic heterocycles. The molecule has 2 aliphatic carbocycles. The molecule has 1 heterocycles. The van der Waals surface area contributed by atoms with Crippen LogP contribution in [-0.4, -0.2) is 29.1 Å². The van der Waals surface area contributed by atoms with Crippen LogP contribution in [0, 0.1) is 5.92 Å². The number of rotatable bonds is 5. The lowest BCUT2D eigenvalue weighted by Crippen LogP contribution is -2.44. The van der Waals surface area contributed by atoms with Crippen molar-refractivity contribution in [3.05, 3.63) is 0 Å². The Morgan fingerprint density at radius 3 is 2.53 bits per heavy atom. The molecule has 1 unspecified atom stereocenters. The van der Waals surface area contributed by atoms with Crippen molar-refractivity contribution in [1.82, 2.24) is 10.2 Å². The van der Waals surface area contributed by atoms with Crippen LogP contribution in [0.3, 0.4) is 0 Å². The van der Waals surface area contributed by atoms with Gasteiger partial charge in [-0.1, -0.05) is 45.4 Å². The second kappa shape index (κ2) is 5.43. The van der Waals surface area contributed by atoms with E-state index in [0.29, 0.717) is 12.1 Å². The summed E-state index contributed by atoms with van der Waals surface area (Å²) in [5.74, 6) is 1.32. The molecule has 1 spiro atoms. The monoisotopic (exact) mass is 264 g/mol. The van der Waals surface area contributed by atoms with E-state index in [4.69, 9.17) is 0 Å². The van der Waals surface area contributed by atoms with Crippen LogP contribution in [0.4, 0.5) is 0 Å². The zero-order chi connectivity index (χ0) is 13.3. The van der Waals surface area contributed by atoms with Crippen LogP contribution in [0.2, 0.25) is 0 Å². The molecule has 2 saturated carbocycles. The fourth-order valence-corrected chi connectivity index (χ4v) is 4.07. The smallest absolute Gasteiger partial charge is 0.244 e. The van der Waals surface area contributed by atoms with E-state index in [2.05, 4.69) is 17.1 Å². The molecule has 1 amide bonds. The lowest BCUT2D eigenvalue weighted by Gasteiger charge is -2.30. The Labute approximate surface area is 117 Å². The fourth-order valence-electron chi connectivity index (χ4n) is 4.07. The highest BCUT2D eigenvalue weighted by Crippen LogP contribution is 2.38. The second-order valence-corrected chi connectivity index (χ2v) is 6.82. The third-order valence-corrected chi connectivity index (χ3v) is 5.51. The van der Waals surface area contributed by atoms with Gasteiger partial charge in [0.25, 0.3) is 0 Å². The summed E-state index contributed by atoms with van der Waals surface area (Å²) < 4.78 is 0. The lowest BCUT2D eigenvalue weighted by molar-refractivity contribution is -0.133. The summed E-state index contributed by atoms with van der Waals surface area (Å²) in [6.45, 7) is 3.21. The van der Waals surface area contributed by atoms with Gasteiger partial charge in [-0.2, -0.15) is 0 Å². The summed E-state index contributed by atoms with van der Waals surface area (Å²) in [4.78, 5) is 15.0. The number of amides is 1. The van der Waals surface area contributed by atoms with Gasteiger partial charge in [-0.3, -0.25) is 10.1 Å². The van der Waals surface area contributed by atoms with Crippen LogP contribution in [0.25, 0.3) is 0 Å². The number of carbonyl (C=O) groups excluding carboxylic acids is 1. The average Bonchev–Trinajstić information content (AvgIpc) is 2.89. The molecule has 0 bridgehead atoms. The molecule has 1 N–H and O–H groups in total. The topological polar surface area (TPSA) is 32.3 Å². The minimum atomic E-state index is -0.167. The molecule has 0 radical (unpaired) electrons. The highest BCUT2D eigenvalue weighted by molar-refractivity contribution is 5.89. The number of nitrogens with one attached hydrogen (secondary N) is 1. The zero-order valence-corrected chi connectivity index (χ0v) is 12.3. The minimum absolute atomic E-state index is 0.167. The van der Waals surface area contributed by atoms with Crippen LogP contribution in [0.5, 0.6) is 0 Å². The normalized spacial score (nSPS) is 30.3. The summed E-state index contributed by atoms with van der Waals surface area (Å²) in [6.07, 6.45) is 12.5. The van der Waals surface area contributed by atoms with Gasteiger partial charge in [-0.15, -0.1) is 0 Å². The van der Waals surface area contributed by atoms with E-state index < -0.39 is 0 Å². The van der Waals surface area contributed by atoms with E-state index in [1.54, 1.807) is 0 Å². The maximum atomic E-state index is 12.8. The van der Waals surface area contributed by atoms with Crippen LogP contribution in [0.15, 0.2) is 0 Å². The molecule has 3 aliphatic rings. The second-order valence-electron chi connectivity index (χ2n) is 6.82. The van der Waals surface area contributed by atoms with Crippen molar-refractivity contribution in [2.75, 3.05) is 6.54 Å². The van der Waals surface area contributed by atoms with Crippen molar-refractivity contribution < 1.29 is 4.79 Å². The van der Waals surface area contributed by atoms with Gasteiger partial charge in [-0.25, -0.2) is 0 Å². The summed E-state index contributed by atoms with van der Waals surface area (Å²) in [5.41, 5.74) is -0.167. The summed E-state index contributed by atoms with van der Waals surface area (Å²) in [5, 5.41) is 3.70. The summed E-state index contributed by atoms with van der Waals surface area (Å²) in [6, 6.07) is 0. The van der Waals surface area contributed by atoms with E-state index in [-0.39, 0.29) is 5.54 Å². The molecule has 3 fully saturated rings. The standard InChI is InChI=1S/C16H28N2O/c1-2-6-14-17-16(10-3-4-11-16)15(19)18(14)12-9-13-7-5-8-13/h13-14,17H,2-12H2,1H3. The first-order chi connectivity index (χ1) is 9.25. The number of nitrogens with zero attached hydrogens (tertiary/aromatic N) is 1. The van der Waals surface area contributed by atoms with Gasteiger partial charge in [0.1, 0.15) is 0 Å². The largest absolute Gasteiger partial charge is 0.326 e. The molecule has 3 rings (SSSR count). The van der Waals surface area contributed by atoms with Gasteiger partial charge < -0.3 is 4.90 Å². The van der Waals surface area contributed by atoms with Crippen molar-refractivity contribution in [3.8, 4) is 0 Å². The third-order valence-electron chi connectivity index (χ3n) is 5.51. The van der Waals surface area contributed by atoms with E-state index in [9.17, 15) is 4.79 Å². The quantitative estimate of drug-likeness (QED) is 0.827. The molecule has 108 valence electrons. The van der Waals surface area contributed by atoms with E-state index in [1.165, 1.54) is 38.5 Å². The molecule has 1 saturated heterocycles. The predicted octanol–water partition coefficient (Wildman–Crippen LogP) is 3.05. The van der Waals surface area contributed by atoms with Crippen molar-refractivity contribution in [1.29, 1.82) is 0 Å². The fraction of sp³-hybridized carbons (Fsp3) is 0.938. The van der Waals surface area contributed by atoms with Crippen LogP contribution >= 0.6 is 0 Å². The average molecular weight is 264 g/mol. The molecule has 1 atom stereocenters. The summed E-state index contributed by atoms with van der Waals surface area (Å²) >= 11 is 0. The van der Waals surface area contributed by atoms with Crippen LogP contribution in [-0.2, 0) is 4.79 Å². The molecule has 0 aromatic carbocycles. The van der Waals surface area contributed by atoms with Crippen molar-refractivity contribution in [3.63, 3.8) is 0 Å². The number of carbonyl (C=O) groups is 1. The Bertz CT molecular complexity index is 332.